The molecule has 0 aliphatic rings. The number of thioether (sulfide) groups is 2. The van der Waals surface area contributed by atoms with Gasteiger partial charge in [0.15, 0.2) is 33.1 Å². The summed E-state index contributed by atoms with van der Waals surface area (Å²) < 4.78 is 1.25. The van der Waals surface area contributed by atoms with Gasteiger partial charge in [-0.15, -0.1) is 0 Å². The van der Waals surface area contributed by atoms with Gasteiger partial charge in [-0.05, 0) is 35.4 Å². The molecule has 0 saturated heterocycles. The summed E-state index contributed by atoms with van der Waals surface area (Å²) in [7, 11) is 0. The molecule has 35 heavy (non-hydrogen) atoms. The summed E-state index contributed by atoms with van der Waals surface area (Å²) in [6.45, 7) is 0. The van der Waals surface area contributed by atoms with Crippen LogP contribution < -0.4 is 0 Å². The largest absolute Gasteiger partial charge is 2.00 e. The number of thiol groups is 2. The molecule has 2 aromatic carbocycles. The molecule has 0 N–H and O–H groups in total. The van der Waals surface area contributed by atoms with E-state index in [2.05, 4.69) is 55.5 Å². The van der Waals surface area contributed by atoms with Crippen LogP contribution >= 0.6 is 23.5 Å². The van der Waals surface area contributed by atoms with Crippen LogP contribution in [0.1, 0.15) is 11.4 Å². The SMILES string of the molecule is CSC(=[SH+])[N-]N=Cc1cc2ccccc2cn1.CSC(=[SH+])[N-]N=Cc1nccc2ccccc12.[Ni+2]. The summed E-state index contributed by atoms with van der Waals surface area (Å²) in [5.41, 5.74) is 9.41. The zero-order valence-corrected chi connectivity index (χ0v) is 23.2. The van der Waals surface area contributed by atoms with Crippen molar-refractivity contribution in [1.82, 2.24) is 9.97 Å². The van der Waals surface area contributed by atoms with Gasteiger partial charge in [0.05, 0.1) is 11.4 Å². The summed E-state index contributed by atoms with van der Waals surface area (Å²) in [5.74, 6) is 0. The second-order valence-corrected chi connectivity index (χ2v) is 9.58. The van der Waals surface area contributed by atoms with Crippen molar-refractivity contribution in [3.8, 4) is 0 Å². The molecule has 2 heterocycles. The fourth-order valence-corrected chi connectivity index (χ4v) is 3.13. The summed E-state index contributed by atoms with van der Waals surface area (Å²) in [5, 5.41) is 12.4. The van der Waals surface area contributed by atoms with Crippen LogP contribution in [0.15, 0.2) is 83.3 Å². The van der Waals surface area contributed by atoms with Gasteiger partial charge in [0.1, 0.15) is 0 Å². The average Bonchev–Trinajstić information content (AvgIpc) is 2.89. The number of nitrogens with zero attached hydrogens (tertiary/aromatic N) is 6. The van der Waals surface area contributed by atoms with E-state index in [-0.39, 0.29) is 16.5 Å². The van der Waals surface area contributed by atoms with Gasteiger partial charge in [-0.1, -0.05) is 72.1 Å². The van der Waals surface area contributed by atoms with E-state index in [1.807, 2.05) is 79.4 Å². The van der Waals surface area contributed by atoms with E-state index < -0.39 is 0 Å². The molecule has 0 atom stereocenters. The Kier molecular flexibility index (Phi) is 12.8. The Bertz CT molecular complexity index is 1330. The molecular weight excluding hydrogens is 559 g/mol. The molecule has 4 rings (SSSR count). The van der Waals surface area contributed by atoms with Crippen LogP contribution in [0.25, 0.3) is 32.4 Å². The maximum Gasteiger partial charge on any atom is 2.00 e. The van der Waals surface area contributed by atoms with Crippen LogP contribution in [-0.4, -0.2) is 43.5 Å². The van der Waals surface area contributed by atoms with E-state index in [4.69, 9.17) is 0 Å². The third kappa shape index (κ3) is 9.27. The first-order valence-electron chi connectivity index (χ1n) is 9.97. The third-order valence-electron chi connectivity index (χ3n) is 4.38. The van der Waals surface area contributed by atoms with Crippen molar-refractivity contribution in [2.24, 2.45) is 10.2 Å². The maximum absolute atomic E-state index is 4.28. The van der Waals surface area contributed by atoms with Crippen LogP contribution in [0, 0.1) is 0 Å². The Morgan fingerprint density at radius 1 is 0.800 bits per heavy atom. The van der Waals surface area contributed by atoms with Crippen molar-refractivity contribution in [1.29, 1.82) is 0 Å². The molecule has 11 heteroatoms. The monoisotopic (exact) mass is 580 g/mol. The van der Waals surface area contributed by atoms with E-state index >= 15 is 0 Å². The Morgan fingerprint density at radius 2 is 1.40 bits per heavy atom. The summed E-state index contributed by atoms with van der Waals surface area (Å²) in [6, 6.07) is 20.1. The molecule has 180 valence electrons. The molecule has 0 radical (unpaired) electrons. The molecule has 0 saturated carbocycles. The Hall–Kier alpha value is -2.43. The van der Waals surface area contributed by atoms with Crippen LogP contribution in [0.2, 0.25) is 0 Å². The number of hydrogen-bond donors (Lipinski definition) is 0. The van der Waals surface area contributed by atoms with Gasteiger partial charge in [0.25, 0.3) is 0 Å². The average molecular weight is 581 g/mol. The van der Waals surface area contributed by atoms with Crippen molar-refractivity contribution in [2.45, 2.75) is 0 Å². The molecule has 0 aliphatic heterocycles. The van der Waals surface area contributed by atoms with Gasteiger partial charge < -0.3 is 21.1 Å². The van der Waals surface area contributed by atoms with Crippen LogP contribution in [0.3, 0.4) is 0 Å². The topological polar surface area (TPSA) is 78.7 Å². The first-order valence-corrected chi connectivity index (χ1v) is 13.3. The fourth-order valence-electron chi connectivity index (χ4n) is 2.77. The smallest absolute Gasteiger partial charge is 0.520 e. The predicted octanol–water partition coefficient (Wildman–Crippen LogP) is 5.34. The van der Waals surface area contributed by atoms with E-state index in [9.17, 15) is 0 Å². The molecule has 0 fully saturated rings. The maximum atomic E-state index is 4.28. The van der Waals surface area contributed by atoms with E-state index in [1.165, 1.54) is 23.5 Å². The van der Waals surface area contributed by atoms with Crippen molar-refractivity contribution in [3.05, 3.63) is 95.3 Å². The van der Waals surface area contributed by atoms with Crippen molar-refractivity contribution < 1.29 is 16.5 Å². The third-order valence-corrected chi connectivity index (χ3v) is 6.55. The minimum absolute atomic E-state index is 0. The Morgan fingerprint density at radius 3 is 2.09 bits per heavy atom. The van der Waals surface area contributed by atoms with Crippen molar-refractivity contribution in [2.75, 3.05) is 12.5 Å². The first kappa shape index (κ1) is 28.8. The van der Waals surface area contributed by atoms with Gasteiger partial charge in [-0.3, -0.25) is 9.97 Å². The molecule has 0 bridgehead atoms. The van der Waals surface area contributed by atoms with Crippen molar-refractivity contribution >= 4 is 90.6 Å². The van der Waals surface area contributed by atoms with Gasteiger partial charge in [0, 0.05) is 35.6 Å². The second kappa shape index (κ2) is 15.5. The molecular formula is C24H22N6NiS4+2. The van der Waals surface area contributed by atoms with E-state index in [0.717, 1.165) is 32.9 Å². The summed E-state index contributed by atoms with van der Waals surface area (Å²) in [4.78, 5) is 8.56. The zero-order chi connectivity index (χ0) is 24.2. The van der Waals surface area contributed by atoms with Crippen LogP contribution in [0.5, 0.6) is 0 Å². The number of pyridine rings is 2. The molecule has 2 aromatic heterocycles. The number of hydrogen-bond acceptors (Lipinski definition) is 6. The quantitative estimate of drug-likeness (QED) is 0.0814. The summed E-state index contributed by atoms with van der Waals surface area (Å²) in [6.07, 6.45) is 10.7. The standard InChI is InChI=1S/2C12H11N3S2.Ni/c1-17-12(16)15-14-8-11-6-9-4-2-3-5-10(9)7-13-11;1-17-12(16)15-14-8-11-10-5-3-2-4-9(10)6-7-13-11;/h2*2-8H,1H3,(H,13,15,16);/q;;+2. The fraction of sp³-hybridized carbons (Fsp3) is 0.0833. The molecule has 0 spiro atoms. The number of fused-ring (bicyclic) bond motifs is 2. The van der Waals surface area contributed by atoms with Gasteiger partial charge in [-0.25, -0.2) is 0 Å². The Labute approximate surface area is 233 Å². The molecule has 0 aliphatic carbocycles. The number of rotatable bonds is 4. The summed E-state index contributed by atoms with van der Waals surface area (Å²) >= 11 is 11.1. The van der Waals surface area contributed by atoms with Crippen LogP contribution in [-0.2, 0) is 40.9 Å². The van der Waals surface area contributed by atoms with E-state index in [0.29, 0.717) is 8.64 Å². The second-order valence-electron chi connectivity index (χ2n) is 6.54. The Balaban J connectivity index is 0.000000240. The first-order chi connectivity index (χ1) is 16.6. The normalized spacial score (nSPS) is 10.6. The van der Waals surface area contributed by atoms with Gasteiger partial charge in [-0.2, -0.15) is 0 Å². The zero-order valence-electron chi connectivity index (χ0n) is 18.8. The number of benzene rings is 2. The number of aromatic nitrogens is 2. The van der Waals surface area contributed by atoms with Gasteiger partial charge in [0.2, 0.25) is 0 Å². The molecule has 4 aromatic rings. The van der Waals surface area contributed by atoms with Gasteiger partial charge >= 0.3 is 16.5 Å². The van der Waals surface area contributed by atoms with Crippen molar-refractivity contribution in [3.63, 3.8) is 0 Å². The predicted molar refractivity (Wildman–Crippen MR) is 160 cm³/mol. The molecule has 6 nitrogen and oxygen atoms in total. The molecule has 0 amide bonds. The molecule has 0 unspecified atom stereocenters. The van der Waals surface area contributed by atoms with E-state index in [1.54, 1.807) is 18.6 Å². The minimum atomic E-state index is 0. The van der Waals surface area contributed by atoms with Crippen LogP contribution in [0.4, 0.5) is 0 Å². The minimum Gasteiger partial charge on any atom is -0.520 e.